The maximum atomic E-state index is 12.6. The van der Waals surface area contributed by atoms with Crippen LogP contribution in [0.3, 0.4) is 0 Å². The Balaban J connectivity index is 2.04. The van der Waals surface area contributed by atoms with E-state index in [-0.39, 0.29) is 24.4 Å². The number of aromatic nitrogens is 3. The lowest BCUT2D eigenvalue weighted by molar-refractivity contribution is -0.115. The summed E-state index contributed by atoms with van der Waals surface area (Å²) in [6.45, 7) is 4.55. The van der Waals surface area contributed by atoms with Crippen molar-refractivity contribution in [1.29, 1.82) is 0 Å². The van der Waals surface area contributed by atoms with Gasteiger partial charge in [-0.15, -0.1) is 0 Å². The van der Waals surface area contributed by atoms with Crippen LogP contribution in [-0.4, -0.2) is 40.0 Å². The predicted molar refractivity (Wildman–Crippen MR) is 99.1 cm³/mol. The first-order valence-electron chi connectivity index (χ1n) is 8.40. The number of hydrogen-bond donors (Lipinski definition) is 1. The summed E-state index contributed by atoms with van der Waals surface area (Å²) < 4.78 is 17.7. The highest BCUT2D eigenvalue weighted by atomic mass is 19.1. The highest BCUT2D eigenvalue weighted by Crippen LogP contribution is 2.29. The highest BCUT2D eigenvalue weighted by molar-refractivity contribution is 6.08. The van der Waals surface area contributed by atoms with Crippen LogP contribution in [0, 0.1) is 0 Å². The van der Waals surface area contributed by atoms with Crippen LogP contribution in [0.1, 0.15) is 22.8 Å². The Hall–Kier alpha value is -3.35. The molecule has 0 atom stereocenters. The van der Waals surface area contributed by atoms with Crippen molar-refractivity contribution in [2.24, 2.45) is 0 Å². The average Bonchev–Trinajstić information content (AvgIpc) is 3.12. The molecule has 0 amide bonds. The number of hydrogen-bond acceptors (Lipinski definition) is 5. The molecule has 0 aliphatic carbocycles. The quantitative estimate of drug-likeness (QED) is 0.511. The molecule has 6 nitrogen and oxygen atoms in total. The summed E-state index contributed by atoms with van der Waals surface area (Å²) in [6, 6.07) is 7.16. The summed E-state index contributed by atoms with van der Waals surface area (Å²) in [5.41, 5.74) is 2.75. The van der Waals surface area contributed by atoms with Gasteiger partial charge in [0.2, 0.25) is 0 Å². The van der Waals surface area contributed by atoms with Gasteiger partial charge in [-0.3, -0.25) is 4.79 Å². The Morgan fingerprint density at radius 3 is 2.85 bits per heavy atom. The van der Waals surface area contributed by atoms with Crippen molar-refractivity contribution >= 4 is 22.8 Å². The maximum absolute atomic E-state index is 12.6. The molecule has 3 aromatic rings. The van der Waals surface area contributed by atoms with Crippen LogP contribution < -0.4 is 0 Å². The van der Waals surface area contributed by atoms with Gasteiger partial charge >= 0.3 is 5.97 Å². The van der Waals surface area contributed by atoms with Gasteiger partial charge in [-0.05, 0) is 18.6 Å². The summed E-state index contributed by atoms with van der Waals surface area (Å²) in [4.78, 5) is 35.6. The monoisotopic (exact) mass is 367 g/mol. The van der Waals surface area contributed by atoms with Crippen molar-refractivity contribution in [2.75, 3.05) is 13.3 Å². The van der Waals surface area contributed by atoms with Gasteiger partial charge in [-0.1, -0.05) is 24.8 Å². The average molecular weight is 367 g/mol. The number of carbonyl (C=O) groups excluding carboxylic acids is 2. The van der Waals surface area contributed by atoms with E-state index in [1.807, 2.05) is 6.07 Å². The molecular weight excluding hydrogens is 349 g/mol. The van der Waals surface area contributed by atoms with Crippen LogP contribution in [0.25, 0.3) is 22.3 Å². The number of nitrogens with zero attached hydrogens (tertiary/aromatic N) is 2. The number of nitrogens with one attached hydrogen (secondary N) is 1. The summed E-state index contributed by atoms with van der Waals surface area (Å²) in [7, 11) is 0. The summed E-state index contributed by atoms with van der Waals surface area (Å²) in [5, 5.41) is 0.549. The Kier molecular flexibility index (Phi) is 5.40. The van der Waals surface area contributed by atoms with Crippen LogP contribution in [0.4, 0.5) is 4.39 Å². The Morgan fingerprint density at radius 2 is 2.11 bits per heavy atom. The number of allylic oxidation sites excluding steroid dienone is 1. The molecule has 138 valence electrons. The second-order valence-electron chi connectivity index (χ2n) is 5.91. The van der Waals surface area contributed by atoms with Gasteiger partial charge in [0.15, 0.2) is 5.78 Å². The van der Waals surface area contributed by atoms with Gasteiger partial charge in [0.05, 0.1) is 23.3 Å². The normalized spacial score (nSPS) is 10.7. The number of aromatic amines is 1. The van der Waals surface area contributed by atoms with Gasteiger partial charge in [0, 0.05) is 23.8 Å². The van der Waals surface area contributed by atoms with Crippen LogP contribution in [0.5, 0.6) is 0 Å². The lowest BCUT2D eigenvalue weighted by atomic mass is 10.00. The zero-order valence-corrected chi connectivity index (χ0v) is 14.8. The molecule has 0 fully saturated rings. The van der Waals surface area contributed by atoms with E-state index in [2.05, 4.69) is 21.5 Å². The molecule has 0 aliphatic heterocycles. The van der Waals surface area contributed by atoms with Gasteiger partial charge in [-0.25, -0.2) is 19.2 Å². The van der Waals surface area contributed by atoms with Crippen LogP contribution in [-0.2, 0) is 16.0 Å². The molecule has 2 heterocycles. The van der Waals surface area contributed by atoms with E-state index < -0.39 is 12.6 Å². The fourth-order valence-corrected chi connectivity index (χ4v) is 2.77. The lowest BCUT2D eigenvalue weighted by Gasteiger charge is -2.07. The highest BCUT2D eigenvalue weighted by Gasteiger charge is 2.19. The summed E-state index contributed by atoms with van der Waals surface area (Å²) in [6.07, 6.45) is 2.98. The largest absolute Gasteiger partial charge is 0.462 e. The van der Waals surface area contributed by atoms with Crippen molar-refractivity contribution in [3.8, 4) is 11.3 Å². The van der Waals surface area contributed by atoms with E-state index in [1.54, 1.807) is 31.3 Å². The van der Waals surface area contributed by atoms with Crippen LogP contribution >= 0.6 is 0 Å². The van der Waals surface area contributed by atoms with Gasteiger partial charge < -0.3 is 9.72 Å². The number of alkyl halides is 1. The minimum absolute atomic E-state index is 0.0443. The molecule has 27 heavy (non-hydrogen) atoms. The summed E-state index contributed by atoms with van der Waals surface area (Å²) >= 11 is 0. The molecule has 1 N–H and O–H groups in total. The molecule has 0 radical (unpaired) electrons. The van der Waals surface area contributed by atoms with Gasteiger partial charge in [0.25, 0.3) is 0 Å². The predicted octanol–water partition coefficient (Wildman–Crippen LogP) is 3.44. The number of fused-ring (bicyclic) bond motifs is 1. The van der Waals surface area contributed by atoms with Crippen molar-refractivity contribution in [1.82, 2.24) is 15.0 Å². The van der Waals surface area contributed by atoms with Crippen molar-refractivity contribution in [3.05, 3.63) is 60.1 Å². The van der Waals surface area contributed by atoms with E-state index in [0.29, 0.717) is 33.4 Å². The number of Topliss-reactive ketones (excluding diaryl/α,β-unsaturated/α-hetero) is 1. The first-order valence-corrected chi connectivity index (χ1v) is 8.40. The van der Waals surface area contributed by atoms with E-state index in [0.717, 1.165) is 0 Å². The molecule has 7 heteroatoms. The maximum Gasteiger partial charge on any atom is 0.340 e. The first-order chi connectivity index (χ1) is 13.0. The minimum atomic E-state index is -0.864. The lowest BCUT2D eigenvalue weighted by Crippen LogP contribution is -2.07. The Labute approximate surface area is 155 Å². The molecule has 2 aromatic heterocycles. The summed E-state index contributed by atoms with van der Waals surface area (Å²) in [5.74, 6) is -0.818. The van der Waals surface area contributed by atoms with E-state index >= 15 is 0 Å². The topological polar surface area (TPSA) is 84.9 Å². The number of rotatable bonds is 7. The molecule has 3 rings (SSSR count). The third kappa shape index (κ3) is 3.76. The van der Waals surface area contributed by atoms with Crippen LogP contribution in [0.2, 0.25) is 0 Å². The first kappa shape index (κ1) is 18.4. The number of benzene rings is 1. The van der Waals surface area contributed by atoms with E-state index in [9.17, 15) is 14.0 Å². The van der Waals surface area contributed by atoms with Crippen LogP contribution in [0.15, 0.2) is 48.9 Å². The Morgan fingerprint density at radius 1 is 1.30 bits per heavy atom. The fraction of sp³-hybridized carbons (Fsp3) is 0.200. The van der Waals surface area contributed by atoms with Crippen molar-refractivity contribution in [3.63, 3.8) is 0 Å². The standard InChI is InChI=1S/C20H18FN3O3/c1-3-27-20(26)15-10-22-19-17(15)18(23-11-24-19)14-6-4-5-13(7-14)8-16(25)12(2)9-21/h4-7,10-11H,2-3,8-9H2,1H3,(H,22,23,24). The molecule has 0 bridgehead atoms. The number of ether oxygens (including phenoxy) is 1. The molecule has 0 saturated carbocycles. The number of esters is 1. The molecule has 0 saturated heterocycles. The minimum Gasteiger partial charge on any atom is -0.462 e. The zero-order valence-electron chi connectivity index (χ0n) is 14.8. The van der Waals surface area contributed by atoms with E-state index in [1.165, 1.54) is 6.33 Å². The third-order valence-electron chi connectivity index (χ3n) is 4.09. The number of H-pyrrole nitrogens is 1. The number of ketones is 1. The smallest absolute Gasteiger partial charge is 0.340 e. The van der Waals surface area contributed by atoms with Gasteiger partial charge in [-0.2, -0.15) is 0 Å². The Bertz CT molecular complexity index is 1030. The molecule has 1 aromatic carbocycles. The molecular formula is C20H18FN3O3. The molecule has 0 spiro atoms. The molecule has 0 unspecified atom stereocenters. The number of halogens is 1. The van der Waals surface area contributed by atoms with E-state index in [4.69, 9.17) is 4.74 Å². The van der Waals surface area contributed by atoms with Crippen molar-refractivity contribution in [2.45, 2.75) is 13.3 Å². The van der Waals surface area contributed by atoms with Crippen molar-refractivity contribution < 1.29 is 18.7 Å². The molecule has 0 aliphatic rings. The zero-order chi connectivity index (χ0) is 19.4. The fourth-order valence-electron chi connectivity index (χ4n) is 2.77. The SMILES string of the molecule is C=C(CF)C(=O)Cc1cccc(-c2ncnc3[nH]cc(C(=O)OCC)c23)c1. The van der Waals surface area contributed by atoms with Gasteiger partial charge in [0.1, 0.15) is 18.6 Å². The second kappa shape index (κ2) is 7.90. The third-order valence-corrected chi connectivity index (χ3v) is 4.09. The second-order valence-corrected chi connectivity index (χ2v) is 5.91. The number of carbonyl (C=O) groups is 2.